The Hall–Kier alpha value is -2.50. The van der Waals surface area contributed by atoms with Gasteiger partial charge in [-0.3, -0.25) is 19.4 Å². The molecule has 0 atom stereocenters. The zero-order chi connectivity index (χ0) is 24.1. The van der Waals surface area contributed by atoms with Crippen LogP contribution in [0.4, 0.5) is 0 Å². The number of carbonyl (C=O) groups is 2. The minimum Gasteiger partial charge on any atom is -0.367 e. The number of Topliss-reactive ketones (excluding diaryl/α,β-unsaturated/α-hetero) is 1. The molecular weight excluding hydrogens is 416 g/mol. The van der Waals surface area contributed by atoms with Crippen molar-refractivity contribution < 1.29 is 14.3 Å². The van der Waals surface area contributed by atoms with Crippen LogP contribution in [-0.4, -0.2) is 80.6 Å². The van der Waals surface area contributed by atoms with Gasteiger partial charge in [-0.15, -0.1) is 0 Å². The first-order valence-corrected chi connectivity index (χ1v) is 11.8. The zero-order valence-electron chi connectivity index (χ0n) is 20.1. The Balaban J connectivity index is 1.75. The van der Waals surface area contributed by atoms with Crippen LogP contribution < -0.4 is 11.1 Å². The number of amides is 1. The van der Waals surface area contributed by atoms with Crippen LogP contribution in [0, 0.1) is 11.8 Å². The summed E-state index contributed by atoms with van der Waals surface area (Å²) in [5.41, 5.74) is 8.77. The Morgan fingerprint density at radius 1 is 1.21 bits per heavy atom. The molecule has 0 aliphatic carbocycles. The number of benzene rings is 1. The molecule has 0 saturated carbocycles. The van der Waals surface area contributed by atoms with E-state index in [1.54, 1.807) is 0 Å². The summed E-state index contributed by atoms with van der Waals surface area (Å²) in [6.07, 6.45) is 2.39. The van der Waals surface area contributed by atoms with E-state index in [2.05, 4.69) is 40.5 Å². The number of nitrogens with zero attached hydrogens (tertiary/aromatic N) is 2. The highest BCUT2D eigenvalue weighted by atomic mass is 16.5. The van der Waals surface area contributed by atoms with E-state index in [0.29, 0.717) is 38.3 Å². The molecule has 0 bridgehead atoms. The Bertz CT molecular complexity index is 864. The lowest BCUT2D eigenvalue weighted by Crippen LogP contribution is -2.50. The van der Waals surface area contributed by atoms with Crippen molar-refractivity contribution >= 4 is 17.3 Å². The maximum absolute atomic E-state index is 12.6. The molecule has 0 unspecified atom stereocenters. The van der Waals surface area contributed by atoms with Gasteiger partial charge in [0.05, 0.1) is 13.2 Å². The van der Waals surface area contributed by atoms with Crippen LogP contribution in [-0.2, 0) is 9.53 Å². The molecule has 7 nitrogen and oxygen atoms in total. The summed E-state index contributed by atoms with van der Waals surface area (Å²) in [5.74, 6) is 6.26. The topological polar surface area (TPSA) is 87.9 Å². The van der Waals surface area contributed by atoms with Gasteiger partial charge < -0.3 is 15.8 Å². The van der Waals surface area contributed by atoms with Crippen molar-refractivity contribution in [2.45, 2.75) is 33.1 Å². The van der Waals surface area contributed by atoms with Gasteiger partial charge in [-0.25, -0.2) is 0 Å². The molecule has 33 heavy (non-hydrogen) atoms. The first kappa shape index (κ1) is 26.7. The van der Waals surface area contributed by atoms with Gasteiger partial charge in [-0.1, -0.05) is 43.9 Å². The summed E-state index contributed by atoms with van der Waals surface area (Å²) in [5, 5.41) is 2.88. The molecule has 7 heteroatoms. The second-order valence-electron chi connectivity index (χ2n) is 8.32. The van der Waals surface area contributed by atoms with E-state index in [9.17, 15) is 9.59 Å². The summed E-state index contributed by atoms with van der Waals surface area (Å²) < 4.78 is 5.54. The molecule has 1 aliphatic rings. The fourth-order valence-corrected chi connectivity index (χ4v) is 3.73. The van der Waals surface area contributed by atoms with E-state index in [1.807, 2.05) is 25.1 Å². The molecule has 1 aromatic rings. The van der Waals surface area contributed by atoms with Crippen molar-refractivity contribution in [1.82, 2.24) is 15.1 Å². The number of hydrogen-bond donors (Lipinski definition) is 2. The van der Waals surface area contributed by atoms with Crippen LogP contribution in [0.15, 0.2) is 24.8 Å². The second kappa shape index (κ2) is 14.6. The number of carbonyl (C=O) groups excluding carboxylic acids is 2. The number of rotatable bonds is 12. The third-order valence-corrected chi connectivity index (χ3v) is 5.61. The maximum atomic E-state index is 12.6. The van der Waals surface area contributed by atoms with Crippen molar-refractivity contribution in [2.24, 2.45) is 5.73 Å². The predicted molar refractivity (Wildman–Crippen MR) is 133 cm³/mol. The molecule has 1 fully saturated rings. The highest BCUT2D eigenvalue weighted by molar-refractivity contribution is 6.01. The van der Waals surface area contributed by atoms with Crippen molar-refractivity contribution in [3.05, 3.63) is 41.5 Å². The van der Waals surface area contributed by atoms with Gasteiger partial charge in [0.1, 0.15) is 6.61 Å². The van der Waals surface area contributed by atoms with Gasteiger partial charge in [0, 0.05) is 62.5 Å². The smallest absolute Gasteiger partial charge is 0.234 e. The van der Waals surface area contributed by atoms with Crippen molar-refractivity contribution in [3.63, 3.8) is 0 Å². The minimum absolute atomic E-state index is 0.00142. The summed E-state index contributed by atoms with van der Waals surface area (Å²) in [7, 11) is 0. The molecule has 1 amide bonds. The predicted octanol–water partition coefficient (Wildman–Crippen LogP) is 2.11. The number of piperazine rings is 1. The Morgan fingerprint density at radius 3 is 2.61 bits per heavy atom. The summed E-state index contributed by atoms with van der Waals surface area (Å²) >= 11 is 0. The highest BCUT2D eigenvalue weighted by Crippen LogP contribution is 2.23. The molecule has 0 spiro atoms. The first-order valence-electron chi connectivity index (χ1n) is 11.8. The van der Waals surface area contributed by atoms with Crippen molar-refractivity contribution in [2.75, 3.05) is 59.2 Å². The van der Waals surface area contributed by atoms with Crippen LogP contribution in [0.3, 0.4) is 0 Å². The van der Waals surface area contributed by atoms with Crippen LogP contribution in [0.2, 0.25) is 0 Å². The zero-order valence-corrected chi connectivity index (χ0v) is 20.1. The molecule has 2 rings (SSSR count). The summed E-state index contributed by atoms with van der Waals surface area (Å²) in [4.78, 5) is 29.0. The number of unbranched alkanes of at least 4 members (excludes halogenated alkanes) is 1. The number of ether oxygens (including phenoxy) is 1. The quantitative estimate of drug-likeness (QED) is 0.286. The van der Waals surface area contributed by atoms with E-state index in [0.717, 1.165) is 55.7 Å². The van der Waals surface area contributed by atoms with E-state index in [4.69, 9.17) is 10.5 Å². The Kier molecular flexibility index (Phi) is 11.8. The van der Waals surface area contributed by atoms with Gasteiger partial charge in [-0.2, -0.15) is 0 Å². The van der Waals surface area contributed by atoms with Gasteiger partial charge in [-0.05, 0) is 25.0 Å². The van der Waals surface area contributed by atoms with Gasteiger partial charge in [0.25, 0.3) is 0 Å². The standard InChI is InChI=1S/C26H38N4O3/c1-4-5-11-24(31)23-10-6-8-22(26(23)21(2)3)9-7-17-33-18-12-28-25(32)19-29-13-15-30(20-27)16-14-29/h6,8,10H,2,4-5,11-20,27H2,1,3H3,(H,28,32). The lowest BCUT2D eigenvalue weighted by atomic mass is 9.92. The lowest BCUT2D eigenvalue weighted by Gasteiger charge is -2.33. The van der Waals surface area contributed by atoms with Gasteiger partial charge in [0.2, 0.25) is 5.91 Å². The fraction of sp³-hybridized carbons (Fsp3) is 0.538. The molecule has 3 N–H and O–H groups in total. The third kappa shape index (κ3) is 9.10. The molecule has 1 saturated heterocycles. The second-order valence-corrected chi connectivity index (χ2v) is 8.32. The van der Waals surface area contributed by atoms with E-state index in [-0.39, 0.29) is 18.3 Å². The molecule has 1 aliphatic heterocycles. The van der Waals surface area contributed by atoms with Crippen LogP contribution in [0.5, 0.6) is 0 Å². The monoisotopic (exact) mass is 454 g/mol. The first-order chi connectivity index (χ1) is 16.0. The largest absolute Gasteiger partial charge is 0.367 e. The van der Waals surface area contributed by atoms with Crippen LogP contribution >= 0.6 is 0 Å². The fourth-order valence-electron chi connectivity index (χ4n) is 3.73. The molecule has 0 aromatic heterocycles. The number of nitrogens with one attached hydrogen (secondary N) is 1. The molecule has 1 heterocycles. The molecular formula is C26H38N4O3. The molecule has 1 aromatic carbocycles. The Morgan fingerprint density at radius 2 is 1.94 bits per heavy atom. The highest BCUT2D eigenvalue weighted by Gasteiger charge is 2.17. The van der Waals surface area contributed by atoms with E-state index < -0.39 is 0 Å². The minimum atomic E-state index is 0.00142. The number of allylic oxidation sites excluding steroid dienone is 1. The number of nitrogens with two attached hydrogens (primary N) is 1. The average molecular weight is 455 g/mol. The third-order valence-electron chi connectivity index (χ3n) is 5.61. The van der Waals surface area contributed by atoms with Gasteiger partial charge in [0.15, 0.2) is 5.78 Å². The summed E-state index contributed by atoms with van der Waals surface area (Å²) in [6.45, 7) is 13.6. The molecule has 180 valence electrons. The maximum Gasteiger partial charge on any atom is 0.234 e. The normalized spacial score (nSPS) is 14.4. The van der Waals surface area contributed by atoms with Crippen LogP contribution in [0.25, 0.3) is 5.57 Å². The van der Waals surface area contributed by atoms with E-state index >= 15 is 0 Å². The van der Waals surface area contributed by atoms with Crippen LogP contribution in [0.1, 0.15) is 54.6 Å². The SMILES string of the molecule is C=C(C)c1c(C#CCOCCNC(=O)CN2CCN(CN)CC2)cccc1C(=O)CCCC. The Labute approximate surface area is 198 Å². The lowest BCUT2D eigenvalue weighted by molar-refractivity contribution is -0.122. The average Bonchev–Trinajstić information content (AvgIpc) is 2.82. The van der Waals surface area contributed by atoms with E-state index in [1.165, 1.54) is 0 Å². The van der Waals surface area contributed by atoms with Crippen molar-refractivity contribution in [3.8, 4) is 11.8 Å². The molecule has 0 radical (unpaired) electrons. The number of ketones is 1. The number of hydrogen-bond acceptors (Lipinski definition) is 6. The summed E-state index contributed by atoms with van der Waals surface area (Å²) in [6, 6.07) is 5.62. The van der Waals surface area contributed by atoms with Crippen molar-refractivity contribution in [1.29, 1.82) is 0 Å². The van der Waals surface area contributed by atoms with Gasteiger partial charge >= 0.3 is 0 Å².